The Balaban J connectivity index is 1.27. The fourth-order valence-corrected chi connectivity index (χ4v) is 6.69. The second kappa shape index (κ2) is 9.88. The number of benzene rings is 1. The van der Waals surface area contributed by atoms with Crippen LogP contribution in [0.2, 0.25) is 0 Å². The van der Waals surface area contributed by atoms with Gasteiger partial charge in [-0.2, -0.15) is 4.98 Å². The number of aromatic nitrogens is 3. The van der Waals surface area contributed by atoms with Crippen LogP contribution in [0.5, 0.6) is 0 Å². The highest BCUT2D eigenvalue weighted by Crippen LogP contribution is 2.55. The van der Waals surface area contributed by atoms with Crippen molar-refractivity contribution in [2.24, 2.45) is 11.8 Å². The first-order valence-electron chi connectivity index (χ1n) is 14.3. The zero-order valence-corrected chi connectivity index (χ0v) is 23.4. The van der Waals surface area contributed by atoms with E-state index in [1.54, 1.807) is 4.90 Å². The summed E-state index contributed by atoms with van der Waals surface area (Å²) < 4.78 is 2.24. The Morgan fingerprint density at radius 1 is 1.11 bits per heavy atom. The number of hydrogen-bond acceptors (Lipinski definition) is 6. The molecule has 2 aromatic heterocycles. The van der Waals surface area contributed by atoms with Crippen molar-refractivity contribution in [2.75, 3.05) is 50.5 Å². The van der Waals surface area contributed by atoms with E-state index in [1.165, 1.54) is 30.5 Å². The molecule has 1 amide bonds. The molecular weight excluding hydrogens is 474 g/mol. The van der Waals surface area contributed by atoms with Crippen molar-refractivity contribution in [3.63, 3.8) is 0 Å². The molecule has 0 spiro atoms. The first-order chi connectivity index (χ1) is 18.3. The Labute approximate surface area is 226 Å². The van der Waals surface area contributed by atoms with E-state index in [1.807, 2.05) is 26.4 Å². The molecule has 2 unspecified atom stereocenters. The summed E-state index contributed by atoms with van der Waals surface area (Å²) in [7, 11) is 3.64. The fourth-order valence-electron chi connectivity index (χ4n) is 6.69. The molecule has 8 heteroatoms. The fraction of sp³-hybridized carbons (Fsp3) is 0.567. The molecule has 3 aliphatic rings. The first kappa shape index (κ1) is 25.2. The third-order valence-electron chi connectivity index (χ3n) is 8.92. The molecule has 1 N–H and O–H groups in total. The summed E-state index contributed by atoms with van der Waals surface area (Å²) in [5, 5.41) is 4.37. The second-order valence-electron chi connectivity index (χ2n) is 12.0. The molecule has 0 radical (unpaired) electrons. The minimum atomic E-state index is 0.0284. The van der Waals surface area contributed by atoms with E-state index in [9.17, 15) is 4.79 Å². The standard InChI is InChI=1S/C30H41N7O/c1-19(2)35-11-13-36(14-12-35)25-10-9-23(15-20(25)3)32-30-31-18-22-17-27(29(38)34(4)5)37(28(22)33-30)26-8-6-7-21-16-24(21)26/h9-10,15,17-19,21,24,26H,6-8,11-14,16H2,1-5H3,(H,31,32,33)/t21-,24?,26?/m0/s1. The summed E-state index contributed by atoms with van der Waals surface area (Å²) in [6.45, 7) is 11.0. The Hall–Kier alpha value is -3.13. The molecule has 6 rings (SSSR count). The van der Waals surface area contributed by atoms with Gasteiger partial charge in [-0.05, 0) is 75.3 Å². The van der Waals surface area contributed by atoms with Gasteiger partial charge in [0.2, 0.25) is 5.95 Å². The van der Waals surface area contributed by atoms with Crippen LogP contribution in [0.25, 0.3) is 11.0 Å². The molecule has 0 bridgehead atoms. The molecule has 2 saturated carbocycles. The smallest absolute Gasteiger partial charge is 0.270 e. The summed E-state index contributed by atoms with van der Waals surface area (Å²) in [6.07, 6.45) is 6.78. The number of amides is 1. The number of nitrogens with zero attached hydrogens (tertiary/aromatic N) is 6. The molecule has 202 valence electrons. The molecule has 3 heterocycles. The summed E-state index contributed by atoms with van der Waals surface area (Å²) in [5.74, 6) is 2.07. The van der Waals surface area contributed by atoms with E-state index >= 15 is 0 Å². The molecule has 3 atom stereocenters. The van der Waals surface area contributed by atoms with Gasteiger partial charge in [0, 0.05) is 75.3 Å². The van der Waals surface area contributed by atoms with E-state index in [0.29, 0.717) is 23.9 Å². The molecular formula is C30H41N7O. The van der Waals surface area contributed by atoms with Crippen LogP contribution in [0, 0.1) is 18.8 Å². The van der Waals surface area contributed by atoms with Crippen molar-refractivity contribution in [1.29, 1.82) is 0 Å². The van der Waals surface area contributed by atoms with E-state index in [4.69, 9.17) is 4.98 Å². The van der Waals surface area contributed by atoms with E-state index < -0.39 is 0 Å². The van der Waals surface area contributed by atoms with Crippen LogP contribution in [0.3, 0.4) is 0 Å². The second-order valence-corrected chi connectivity index (χ2v) is 12.0. The van der Waals surface area contributed by atoms with Gasteiger partial charge in [0.1, 0.15) is 11.3 Å². The van der Waals surface area contributed by atoms with Crippen molar-refractivity contribution in [2.45, 2.75) is 58.5 Å². The Kier molecular flexibility index (Phi) is 6.54. The normalized spacial score (nSPS) is 23.5. The number of rotatable bonds is 6. The van der Waals surface area contributed by atoms with Gasteiger partial charge in [0.05, 0.1) is 0 Å². The van der Waals surface area contributed by atoms with Gasteiger partial charge in [-0.3, -0.25) is 9.69 Å². The molecule has 1 aliphatic heterocycles. The van der Waals surface area contributed by atoms with Gasteiger partial charge in [0.25, 0.3) is 5.91 Å². The Bertz CT molecular complexity index is 1340. The van der Waals surface area contributed by atoms with Gasteiger partial charge in [-0.15, -0.1) is 0 Å². The highest BCUT2D eigenvalue weighted by atomic mass is 16.2. The summed E-state index contributed by atoms with van der Waals surface area (Å²) >= 11 is 0. The van der Waals surface area contributed by atoms with Crippen molar-refractivity contribution >= 4 is 34.3 Å². The molecule has 3 aromatic rings. The maximum Gasteiger partial charge on any atom is 0.270 e. The van der Waals surface area contributed by atoms with Crippen molar-refractivity contribution in [3.8, 4) is 0 Å². The van der Waals surface area contributed by atoms with E-state index in [-0.39, 0.29) is 5.91 Å². The number of carbonyl (C=O) groups excluding carboxylic acids is 1. The molecule has 3 fully saturated rings. The molecule has 8 nitrogen and oxygen atoms in total. The van der Waals surface area contributed by atoms with Gasteiger partial charge in [0.15, 0.2) is 0 Å². The predicted octanol–water partition coefficient (Wildman–Crippen LogP) is 5.08. The lowest BCUT2D eigenvalue weighted by Gasteiger charge is -2.38. The average Bonchev–Trinajstić information content (AvgIpc) is 3.61. The molecule has 38 heavy (non-hydrogen) atoms. The molecule has 2 aliphatic carbocycles. The monoisotopic (exact) mass is 515 g/mol. The highest BCUT2D eigenvalue weighted by Gasteiger charge is 2.47. The van der Waals surface area contributed by atoms with Crippen LogP contribution in [-0.4, -0.2) is 76.6 Å². The lowest BCUT2D eigenvalue weighted by Crippen LogP contribution is -2.49. The largest absolute Gasteiger partial charge is 0.369 e. The highest BCUT2D eigenvalue weighted by molar-refractivity contribution is 5.98. The maximum absolute atomic E-state index is 13.2. The quantitative estimate of drug-likeness (QED) is 0.494. The van der Waals surface area contributed by atoms with Crippen molar-refractivity contribution in [3.05, 3.63) is 41.7 Å². The van der Waals surface area contributed by atoms with Crippen molar-refractivity contribution in [1.82, 2.24) is 24.3 Å². The number of aryl methyl sites for hydroxylation is 1. The Morgan fingerprint density at radius 2 is 1.89 bits per heavy atom. The lowest BCUT2D eigenvalue weighted by atomic mass is 9.95. The first-order valence-corrected chi connectivity index (χ1v) is 14.3. The predicted molar refractivity (Wildman–Crippen MR) is 153 cm³/mol. The number of piperazine rings is 1. The summed E-state index contributed by atoms with van der Waals surface area (Å²) in [5.41, 5.74) is 5.12. The minimum absolute atomic E-state index is 0.0284. The van der Waals surface area contributed by atoms with Crippen LogP contribution >= 0.6 is 0 Å². The van der Waals surface area contributed by atoms with Gasteiger partial charge >= 0.3 is 0 Å². The number of hydrogen-bond donors (Lipinski definition) is 1. The third kappa shape index (κ3) is 4.64. The topological polar surface area (TPSA) is 69.5 Å². The third-order valence-corrected chi connectivity index (χ3v) is 8.92. The average molecular weight is 516 g/mol. The van der Waals surface area contributed by atoms with Crippen LogP contribution in [0.1, 0.15) is 61.6 Å². The summed E-state index contributed by atoms with van der Waals surface area (Å²) in [4.78, 5) is 29.5. The van der Waals surface area contributed by atoms with E-state index in [2.05, 4.69) is 63.6 Å². The number of fused-ring (bicyclic) bond motifs is 2. The van der Waals surface area contributed by atoms with Gasteiger partial charge in [-0.25, -0.2) is 4.98 Å². The SMILES string of the molecule is Cc1cc(Nc2ncc3cc(C(=O)N(C)C)n(C4CCC[C@H]5CC45)c3n2)ccc1N1CCN(C(C)C)CC1. The van der Waals surface area contributed by atoms with Crippen LogP contribution in [0.4, 0.5) is 17.3 Å². The van der Waals surface area contributed by atoms with E-state index in [0.717, 1.165) is 60.9 Å². The molecule has 1 aromatic carbocycles. The maximum atomic E-state index is 13.2. The van der Waals surface area contributed by atoms with Crippen LogP contribution < -0.4 is 10.2 Å². The minimum Gasteiger partial charge on any atom is -0.369 e. The van der Waals surface area contributed by atoms with Crippen LogP contribution in [-0.2, 0) is 0 Å². The summed E-state index contributed by atoms with van der Waals surface area (Å²) in [6, 6.07) is 9.45. The van der Waals surface area contributed by atoms with Gasteiger partial charge in [-0.1, -0.05) is 12.8 Å². The number of nitrogens with one attached hydrogen (secondary N) is 1. The number of carbonyl (C=O) groups is 1. The van der Waals surface area contributed by atoms with Crippen molar-refractivity contribution < 1.29 is 4.79 Å². The Morgan fingerprint density at radius 3 is 2.61 bits per heavy atom. The lowest BCUT2D eigenvalue weighted by molar-refractivity contribution is 0.0813. The zero-order chi connectivity index (χ0) is 26.6. The van der Waals surface area contributed by atoms with Gasteiger partial charge < -0.3 is 19.7 Å². The zero-order valence-electron chi connectivity index (χ0n) is 23.4. The number of anilines is 3. The van der Waals surface area contributed by atoms with Crippen LogP contribution in [0.15, 0.2) is 30.5 Å². The molecule has 1 saturated heterocycles.